The number of H-pyrrole nitrogens is 1. The number of nitrogens with one attached hydrogen (secondary N) is 1. The fourth-order valence-corrected chi connectivity index (χ4v) is 6.15. The van der Waals surface area contributed by atoms with Crippen molar-refractivity contribution >= 4 is 12.1 Å². The third-order valence-electron chi connectivity index (χ3n) is 8.46. The maximum Gasteiger partial charge on any atom is 0.511 e. The van der Waals surface area contributed by atoms with Gasteiger partial charge in [0.1, 0.15) is 35.4 Å². The van der Waals surface area contributed by atoms with Gasteiger partial charge < -0.3 is 38.1 Å². The Morgan fingerprint density at radius 2 is 1.73 bits per heavy atom. The summed E-state index contributed by atoms with van der Waals surface area (Å²) in [6.45, 7) is 7.22. The number of fused-ring (bicyclic) bond motifs is 1. The summed E-state index contributed by atoms with van der Waals surface area (Å²) in [5, 5.41) is 25.5. The number of ether oxygens (including phenoxy) is 6. The third kappa shape index (κ3) is 7.34. The van der Waals surface area contributed by atoms with Crippen LogP contribution in [0.25, 0.3) is 22.5 Å². The average Bonchev–Trinajstić information content (AvgIpc) is 3.88. The van der Waals surface area contributed by atoms with Crippen molar-refractivity contribution in [3.05, 3.63) is 71.3 Å². The number of carbonyl (C=O) groups excluding carboxylic acids is 2. The van der Waals surface area contributed by atoms with Gasteiger partial charge in [0.25, 0.3) is 0 Å². The number of esters is 1. The molecule has 2 saturated heterocycles. The van der Waals surface area contributed by atoms with Gasteiger partial charge in [-0.15, -0.1) is 10.2 Å². The second-order valence-corrected chi connectivity index (χ2v) is 12.5. The SMILES string of the molecule is CCCc1nc(C(C)(C)O)c(C(=O)OC(C)OC(=O)O[C@H]2CO[C@H]3[C@@H]2OC[C@H]3OC)n1Cc1ccc(-c2ccccc2-c2nn[nH]n2)cc1. The summed E-state index contributed by atoms with van der Waals surface area (Å²) in [5.41, 5.74) is 2.31. The Morgan fingerprint density at radius 3 is 2.39 bits per heavy atom. The van der Waals surface area contributed by atoms with Crippen LogP contribution in [-0.4, -0.2) is 98.4 Å². The molecule has 4 heterocycles. The van der Waals surface area contributed by atoms with Crippen LogP contribution in [0.3, 0.4) is 0 Å². The predicted molar refractivity (Wildman–Crippen MR) is 172 cm³/mol. The summed E-state index contributed by atoms with van der Waals surface area (Å²) in [6, 6.07) is 15.6. The molecule has 2 aliphatic rings. The number of nitrogens with zero attached hydrogens (tertiary/aromatic N) is 5. The molecule has 0 aliphatic carbocycles. The molecule has 2 aromatic heterocycles. The van der Waals surface area contributed by atoms with E-state index in [0.717, 1.165) is 28.7 Å². The summed E-state index contributed by atoms with van der Waals surface area (Å²) in [6.07, 6.45) is -2.84. The smallest absolute Gasteiger partial charge is 0.426 e. The second kappa shape index (κ2) is 14.4. The molecule has 0 radical (unpaired) electrons. The standard InChI is InChI=1S/C34H40N6O9/c1-6-9-26-35-30(34(3,4)43)27(32(41)47-19(2)48-33(42)49-25-18-46-28-24(44-5)17-45-29(25)28)40(26)16-20-12-14-21(15-13-20)22-10-7-8-11-23(22)31-36-38-39-37-31/h7-8,10-15,19,24-25,28-29,43H,6,9,16-18H2,1-5H3,(H,36,37,38,39)/t19?,24-,25+,28-,29-/m1/s1. The number of rotatable bonds is 12. The second-order valence-electron chi connectivity index (χ2n) is 12.5. The zero-order chi connectivity index (χ0) is 34.7. The molecule has 15 heteroatoms. The molecule has 6 rings (SSSR count). The van der Waals surface area contributed by atoms with Crippen LogP contribution in [-0.2, 0) is 47.0 Å². The van der Waals surface area contributed by atoms with Gasteiger partial charge in [-0.05, 0) is 42.2 Å². The molecule has 4 aromatic rings. The lowest BCUT2D eigenvalue weighted by atomic mass is 9.98. The Kier molecular flexibility index (Phi) is 10.1. The van der Waals surface area contributed by atoms with Gasteiger partial charge >= 0.3 is 12.1 Å². The van der Waals surface area contributed by atoms with Crippen LogP contribution in [0.1, 0.15) is 61.7 Å². The Labute approximate surface area is 282 Å². The normalized spacial score (nSPS) is 20.9. The number of hydrogen-bond acceptors (Lipinski definition) is 13. The minimum Gasteiger partial charge on any atom is -0.426 e. The van der Waals surface area contributed by atoms with Crippen LogP contribution < -0.4 is 0 Å². The molecule has 1 unspecified atom stereocenters. The van der Waals surface area contributed by atoms with Crippen LogP contribution in [0.15, 0.2) is 48.5 Å². The molecular weight excluding hydrogens is 636 g/mol. The summed E-state index contributed by atoms with van der Waals surface area (Å²) >= 11 is 0. The van der Waals surface area contributed by atoms with E-state index < -0.39 is 36.2 Å². The van der Waals surface area contributed by atoms with Crippen molar-refractivity contribution in [2.75, 3.05) is 20.3 Å². The minimum atomic E-state index is -1.48. The topological polar surface area (TPSA) is 182 Å². The lowest BCUT2D eigenvalue weighted by Gasteiger charge is -2.21. The summed E-state index contributed by atoms with van der Waals surface area (Å²) in [5.74, 6) is 0.275. The van der Waals surface area contributed by atoms with E-state index in [-0.39, 0.29) is 36.7 Å². The first kappa shape index (κ1) is 34.2. The Hall–Kier alpha value is -4.70. The van der Waals surface area contributed by atoms with Crippen molar-refractivity contribution in [1.82, 2.24) is 30.2 Å². The van der Waals surface area contributed by atoms with Gasteiger partial charge in [-0.25, -0.2) is 14.6 Å². The first-order chi connectivity index (χ1) is 23.6. The molecule has 2 fully saturated rings. The summed E-state index contributed by atoms with van der Waals surface area (Å²) in [7, 11) is 1.56. The number of aryl methyl sites for hydroxylation is 1. The van der Waals surface area contributed by atoms with Crippen molar-refractivity contribution < 1.29 is 43.1 Å². The number of tetrazole rings is 1. The first-order valence-corrected chi connectivity index (χ1v) is 16.2. The fraction of sp³-hybridized carbons (Fsp3) is 0.471. The fourth-order valence-electron chi connectivity index (χ4n) is 6.15. The zero-order valence-electron chi connectivity index (χ0n) is 28.0. The summed E-state index contributed by atoms with van der Waals surface area (Å²) in [4.78, 5) is 31.1. The van der Waals surface area contributed by atoms with Gasteiger partial charge in [0, 0.05) is 32.6 Å². The highest BCUT2D eigenvalue weighted by Crippen LogP contribution is 2.32. The van der Waals surface area contributed by atoms with Crippen molar-refractivity contribution in [2.24, 2.45) is 0 Å². The number of aliphatic hydroxyl groups is 1. The molecule has 0 spiro atoms. The van der Waals surface area contributed by atoms with Crippen LogP contribution >= 0.6 is 0 Å². The first-order valence-electron chi connectivity index (χ1n) is 16.2. The molecule has 2 N–H and O–H groups in total. The van der Waals surface area contributed by atoms with Gasteiger partial charge in [0.05, 0.1) is 13.2 Å². The zero-order valence-corrected chi connectivity index (χ0v) is 28.0. The molecule has 0 amide bonds. The van der Waals surface area contributed by atoms with E-state index in [1.54, 1.807) is 25.5 Å². The molecule has 49 heavy (non-hydrogen) atoms. The Morgan fingerprint density at radius 1 is 1.04 bits per heavy atom. The van der Waals surface area contributed by atoms with Gasteiger partial charge in [-0.2, -0.15) is 5.21 Å². The van der Waals surface area contributed by atoms with Crippen molar-refractivity contribution in [1.29, 1.82) is 0 Å². The van der Waals surface area contributed by atoms with Crippen LogP contribution in [0.5, 0.6) is 0 Å². The van der Waals surface area contributed by atoms with Gasteiger partial charge in [-0.1, -0.05) is 55.5 Å². The van der Waals surface area contributed by atoms with Crippen molar-refractivity contribution in [3.8, 4) is 22.5 Å². The number of methoxy groups -OCH3 is 1. The highest BCUT2D eigenvalue weighted by molar-refractivity contribution is 5.89. The van der Waals surface area contributed by atoms with Crippen molar-refractivity contribution in [3.63, 3.8) is 0 Å². The van der Waals surface area contributed by atoms with Gasteiger partial charge in [0.15, 0.2) is 11.8 Å². The van der Waals surface area contributed by atoms with Crippen molar-refractivity contribution in [2.45, 2.75) is 83.4 Å². The van der Waals surface area contributed by atoms with E-state index in [0.29, 0.717) is 24.7 Å². The molecule has 0 saturated carbocycles. The number of hydrogen-bond donors (Lipinski definition) is 2. The average molecular weight is 677 g/mol. The highest BCUT2D eigenvalue weighted by Gasteiger charge is 2.50. The molecule has 0 bridgehead atoms. The molecule has 2 aromatic carbocycles. The molecule has 5 atom stereocenters. The van der Waals surface area contributed by atoms with Crippen LogP contribution in [0.4, 0.5) is 4.79 Å². The van der Waals surface area contributed by atoms with Crippen LogP contribution in [0.2, 0.25) is 0 Å². The van der Waals surface area contributed by atoms with Gasteiger partial charge in [-0.3, -0.25) is 0 Å². The molecule has 260 valence electrons. The van der Waals surface area contributed by atoms with E-state index in [4.69, 9.17) is 33.4 Å². The molecule has 2 aliphatic heterocycles. The van der Waals surface area contributed by atoms with E-state index in [1.807, 2.05) is 55.5 Å². The number of aromatic amines is 1. The minimum absolute atomic E-state index is 0.0586. The Balaban J connectivity index is 1.19. The molecular formula is C34H40N6O9. The number of carbonyl (C=O) groups is 2. The van der Waals surface area contributed by atoms with E-state index in [1.165, 1.54) is 6.92 Å². The molecule has 15 nitrogen and oxygen atoms in total. The van der Waals surface area contributed by atoms with E-state index in [2.05, 4.69) is 20.6 Å². The van der Waals surface area contributed by atoms with Crippen LogP contribution in [0, 0.1) is 0 Å². The predicted octanol–water partition coefficient (Wildman–Crippen LogP) is 3.80. The lowest BCUT2D eigenvalue weighted by Crippen LogP contribution is -2.35. The number of imidazole rings is 1. The quantitative estimate of drug-likeness (QED) is 0.163. The maximum atomic E-state index is 13.8. The third-order valence-corrected chi connectivity index (χ3v) is 8.46. The highest BCUT2D eigenvalue weighted by atomic mass is 16.8. The monoisotopic (exact) mass is 676 g/mol. The Bertz CT molecular complexity index is 1750. The largest absolute Gasteiger partial charge is 0.511 e. The maximum absolute atomic E-state index is 13.8. The lowest BCUT2D eigenvalue weighted by molar-refractivity contribution is -0.0995. The van der Waals surface area contributed by atoms with E-state index >= 15 is 0 Å². The number of benzene rings is 2. The van der Waals surface area contributed by atoms with E-state index in [9.17, 15) is 14.7 Å². The number of aromatic nitrogens is 6. The summed E-state index contributed by atoms with van der Waals surface area (Å²) < 4.78 is 34.8. The van der Waals surface area contributed by atoms with Gasteiger partial charge in [0.2, 0.25) is 12.1 Å².